The molecule has 1 aromatic heterocycles. The number of nitrogens with one attached hydrogen (secondary N) is 1. The van der Waals surface area contributed by atoms with Crippen LogP contribution in [0.5, 0.6) is 0 Å². The normalized spacial score (nSPS) is 11.2. The highest BCUT2D eigenvalue weighted by molar-refractivity contribution is 5.93. The Morgan fingerprint density at radius 1 is 1.38 bits per heavy atom. The van der Waals surface area contributed by atoms with Crippen LogP contribution >= 0.6 is 0 Å². The molecule has 0 spiro atoms. The van der Waals surface area contributed by atoms with Gasteiger partial charge in [0.2, 0.25) is 5.56 Å². The summed E-state index contributed by atoms with van der Waals surface area (Å²) in [5.74, 6) is -0.0776. The predicted molar refractivity (Wildman–Crippen MR) is 63.5 cm³/mol. The van der Waals surface area contributed by atoms with E-state index in [0.29, 0.717) is 12.1 Å². The molecule has 0 bridgehead atoms. The highest BCUT2D eigenvalue weighted by Crippen LogP contribution is 2.15. The van der Waals surface area contributed by atoms with Crippen LogP contribution in [-0.2, 0) is 0 Å². The zero-order chi connectivity index (χ0) is 12.3. The van der Waals surface area contributed by atoms with E-state index in [-0.39, 0.29) is 16.9 Å². The zero-order valence-corrected chi connectivity index (χ0v) is 10.2. The minimum Gasteiger partial charge on any atom is -0.341 e. The lowest BCUT2D eigenvalue weighted by atomic mass is 9.96. The van der Waals surface area contributed by atoms with Gasteiger partial charge in [0.05, 0.1) is 5.56 Å². The number of rotatable bonds is 2. The van der Waals surface area contributed by atoms with Crippen LogP contribution in [-0.4, -0.2) is 29.4 Å². The number of pyridine rings is 1. The molecule has 88 valence electrons. The van der Waals surface area contributed by atoms with Crippen LogP contribution in [0.15, 0.2) is 23.1 Å². The van der Waals surface area contributed by atoms with Crippen LogP contribution in [0, 0.1) is 5.41 Å². The molecular weight excluding hydrogens is 204 g/mol. The van der Waals surface area contributed by atoms with Crippen molar-refractivity contribution < 1.29 is 4.79 Å². The number of carbonyl (C=O) groups excluding carboxylic acids is 1. The zero-order valence-electron chi connectivity index (χ0n) is 10.2. The van der Waals surface area contributed by atoms with Gasteiger partial charge in [0.1, 0.15) is 0 Å². The molecule has 4 nitrogen and oxygen atoms in total. The van der Waals surface area contributed by atoms with Crippen molar-refractivity contribution >= 4 is 5.91 Å². The Hall–Kier alpha value is -1.58. The summed E-state index contributed by atoms with van der Waals surface area (Å²) in [4.78, 5) is 27.0. The summed E-state index contributed by atoms with van der Waals surface area (Å²) in [6, 6.07) is 2.90. The van der Waals surface area contributed by atoms with Crippen molar-refractivity contribution in [2.24, 2.45) is 5.41 Å². The smallest absolute Gasteiger partial charge is 0.255 e. The van der Waals surface area contributed by atoms with Crippen LogP contribution < -0.4 is 5.56 Å². The van der Waals surface area contributed by atoms with E-state index in [2.05, 4.69) is 25.8 Å². The first-order chi connectivity index (χ1) is 7.29. The monoisotopic (exact) mass is 222 g/mol. The summed E-state index contributed by atoms with van der Waals surface area (Å²) in [5, 5.41) is 0. The molecule has 1 aromatic rings. The topological polar surface area (TPSA) is 53.2 Å². The Bertz CT molecular complexity index is 409. The SMILES string of the molecule is CN(CC(C)(C)C)C(=O)c1ccc(=O)[nH]c1. The Kier molecular flexibility index (Phi) is 3.52. The van der Waals surface area contributed by atoms with Gasteiger partial charge in [-0.1, -0.05) is 20.8 Å². The van der Waals surface area contributed by atoms with E-state index in [1.165, 1.54) is 12.3 Å². The van der Waals surface area contributed by atoms with Gasteiger partial charge in [-0.3, -0.25) is 9.59 Å². The van der Waals surface area contributed by atoms with Crippen LogP contribution in [0.1, 0.15) is 31.1 Å². The van der Waals surface area contributed by atoms with E-state index < -0.39 is 0 Å². The van der Waals surface area contributed by atoms with Gasteiger partial charge < -0.3 is 9.88 Å². The van der Waals surface area contributed by atoms with Gasteiger partial charge in [0.15, 0.2) is 0 Å². The van der Waals surface area contributed by atoms with E-state index in [9.17, 15) is 9.59 Å². The standard InChI is InChI=1S/C12H18N2O2/c1-12(2,3)8-14(4)11(16)9-5-6-10(15)13-7-9/h5-7H,8H2,1-4H3,(H,13,15). The van der Waals surface area contributed by atoms with Gasteiger partial charge in [-0.05, 0) is 11.5 Å². The fourth-order valence-corrected chi connectivity index (χ4v) is 1.55. The van der Waals surface area contributed by atoms with Crippen LogP contribution in [0.25, 0.3) is 0 Å². The van der Waals surface area contributed by atoms with Gasteiger partial charge in [0, 0.05) is 25.9 Å². The van der Waals surface area contributed by atoms with E-state index in [0.717, 1.165) is 0 Å². The third-order valence-electron chi connectivity index (χ3n) is 2.09. The van der Waals surface area contributed by atoms with Crippen molar-refractivity contribution in [3.8, 4) is 0 Å². The number of hydrogen-bond acceptors (Lipinski definition) is 2. The summed E-state index contributed by atoms with van der Waals surface area (Å²) >= 11 is 0. The van der Waals surface area contributed by atoms with Crippen LogP contribution in [0.2, 0.25) is 0 Å². The summed E-state index contributed by atoms with van der Waals surface area (Å²) in [6.45, 7) is 6.89. The molecule has 0 fully saturated rings. The number of hydrogen-bond donors (Lipinski definition) is 1. The number of carbonyl (C=O) groups is 1. The van der Waals surface area contributed by atoms with E-state index in [1.807, 2.05) is 0 Å². The minimum atomic E-state index is -0.199. The summed E-state index contributed by atoms with van der Waals surface area (Å²) in [5.41, 5.74) is 0.369. The molecule has 0 radical (unpaired) electrons. The fourth-order valence-electron chi connectivity index (χ4n) is 1.55. The molecular formula is C12H18N2O2. The molecule has 16 heavy (non-hydrogen) atoms. The van der Waals surface area contributed by atoms with Gasteiger partial charge >= 0.3 is 0 Å². The average molecular weight is 222 g/mol. The van der Waals surface area contributed by atoms with Crippen molar-refractivity contribution in [2.75, 3.05) is 13.6 Å². The number of amides is 1. The van der Waals surface area contributed by atoms with Crippen LogP contribution in [0.4, 0.5) is 0 Å². The molecule has 0 unspecified atom stereocenters. The third kappa shape index (κ3) is 3.53. The summed E-state index contributed by atoms with van der Waals surface area (Å²) in [7, 11) is 1.76. The molecule has 4 heteroatoms. The maximum atomic E-state index is 11.9. The van der Waals surface area contributed by atoms with Gasteiger partial charge in [-0.25, -0.2) is 0 Å². The second-order valence-corrected chi connectivity index (χ2v) is 5.16. The Balaban J connectivity index is 2.78. The predicted octanol–water partition coefficient (Wildman–Crippen LogP) is 1.49. The van der Waals surface area contributed by atoms with Crippen molar-refractivity contribution in [1.82, 2.24) is 9.88 Å². The average Bonchev–Trinajstić information content (AvgIpc) is 2.15. The largest absolute Gasteiger partial charge is 0.341 e. The van der Waals surface area contributed by atoms with E-state index in [1.54, 1.807) is 18.0 Å². The quantitative estimate of drug-likeness (QED) is 0.824. The molecule has 0 aliphatic carbocycles. The second-order valence-electron chi connectivity index (χ2n) is 5.16. The number of H-pyrrole nitrogens is 1. The number of nitrogens with zero attached hydrogens (tertiary/aromatic N) is 1. The van der Waals surface area contributed by atoms with Crippen molar-refractivity contribution in [2.45, 2.75) is 20.8 Å². The molecule has 0 aliphatic heterocycles. The minimum absolute atomic E-state index is 0.0621. The first-order valence-electron chi connectivity index (χ1n) is 5.24. The number of aromatic nitrogens is 1. The molecule has 0 atom stereocenters. The van der Waals surface area contributed by atoms with Crippen LogP contribution in [0.3, 0.4) is 0 Å². The molecule has 0 aromatic carbocycles. The van der Waals surface area contributed by atoms with Gasteiger partial charge in [-0.2, -0.15) is 0 Å². The second kappa shape index (κ2) is 4.51. The maximum absolute atomic E-state index is 11.9. The van der Waals surface area contributed by atoms with Crippen molar-refractivity contribution in [3.63, 3.8) is 0 Å². The van der Waals surface area contributed by atoms with E-state index >= 15 is 0 Å². The highest BCUT2D eigenvalue weighted by atomic mass is 16.2. The lowest BCUT2D eigenvalue weighted by molar-refractivity contribution is 0.0745. The van der Waals surface area contributed by atoms with Crippen molar-refractivity contribution in [3.05, 3.63) is 34.2 Å². The number of aromatic amines is 1. The summed E-state index contributed by atoms with van der Waals surface area (Å²) in [6.07, 6.45) is 1.45. The third-order valence-corrected chi connectivity index (χ3v) is 2.09. The van der Waals surface area contributed by atoms with Gasteiger partial charge in [0.25, 0.3) is 5.91 Å². The van der Waals surface area contributed by atoms with Crippen molar-refractivity contribution in [1.29, 1.82) is 0 Å². The molecule has 1 N–H and O–H groups in total. The molecule has 1 rings (SSSR count). The molecule has 1 amide bonds. The molecule has 0 saturated heterocycles. The first-order valence-corrected chi connectivity index (χ1v) is 5.24. The summed E-state index contributed by atoms with van der Waals surface area (Å²) < 4.78 is 0. The Labute approximate surface area is 95.3 Å². The molecule has 1 heterocycles. The Morgan fingerprint density at radius 2 is 2.00 bits per heavy atom. The lowest BCUT2D eigenvalue weighted by Gasteiger charge is -2.26. The fraction of sp³-hybridized carbons (Fsp3) is 0.500. The van der Waals surface area contributed by atoms with Gasteiger partial charge in [-0.15, -0.1) is 0 Å². The maximum Gasteiger partial charge on any atom is 0.255 e. The van der Waals surface area contributed by atoms with E-state index in [4.69, 9.17) is 0 Å². The molecule has 0 saturated carbocycles. The first kappa shape index (κ1) is 12.5. The Morgan fingerprint density at radius 3 is 2.44 bits per heavy atom. The highest BCUT2D eigenvalue weighted by Gasteiger charge is 2.18. The molecule has 0 aliphatic rings. The lowest BCUT2D eigenvalue weighted by Crippen LogP contribution is -2.34.